The normalized spacial score (nSPS) is 15.5. The second-order valence-corrected chi connectivity index (χ2v) is 6.99. The van der Waals surface area contributed by atoms with E-state index < -0.39 is 11.6 Å². The quantitative estimate of drug-likeness (QED) is 0.810. The summed E-state index contributed by atoms with van der Waals surface area (Å²) < 4.78 is 25.6. The molecule has 0 aromatic heterocycles. The van der Waals surface area contributed by atoms with E-state index in [9.17, 15) is 9.59 Å². The number of rotatable bonds is 6. The van der Waals surface area contributed by atoms with Crippen LogP contribution < -0.4 is 14.8 Å². The van der Waals surface area contributed by atoms with Crippen molar-refractivity contribution in [2.24, 2.45) is 0 Å². The minimum absolute atomic E-state index is 0.0438. The second kappa shape index (κ2) is 8.94. The molecular formula is C22H25FN2O4. The molecule has 2 amide bonds. The van der Waals surface area contributed by atoms with Crippen LogP contribution in [0.1, 0.15) is 28.8 Å². The van der Waals surface area contributed by atoms with Crippen LogP contribution >= 0.6 is 0 Å². The molecule has 2 aromatic rings. The van der Waals surface area contributed by atoms with Gasteiger partial charge < -0.3 is 19.7 Å². The van der Waals surface area contributed by atoms with Crippen LogP contribution in [0.3, 0.4) is 0 Å². The number of amides is 2. The van der Waals surface area contributed by atoms with Crippen LogP contribution in [0, 0.1) is 0 Å². The van der Waals surface area contributed by atoms with Crippen LogP contribution in [0.5, 0.6) is 11.5 Å². The van der Waals surface area contributed by atoms with Crippen molar-refractivity contribution in [2.75, 3.05) is 27.3 Å². The third-order valence-electron chi connectivity index (χ3n) is 5.19. The number of halogens is 1. The number of alkyl halides is 1. The van der Waals surface area contributed by atoms with Crippen molar-refractivity contribution in [3.63, 3.8) is 0 Å². The largest absolute Gasteiger partial charge is 0.497 e. The highest BCUT2D eigenvalue weighted by Gasteiger charge is 2.42. The Balaban J connectivity index is 1.60. The van der Waals surface area contributed by atoms with Crippen molar-refractivity contribution in [1.29, 1.82) is 0 Å². The molecule has 1 aliphatic heterocycles. The highest BCUT2D eigenvalue weighted by Crippen LogP contribution is 2.30. The van der Waals surface area contributed by atoms with Gasteiger partial charge in [-0.2, -0.15) is 0 Å². The number of ether oxygens (including phenoxy) is 2. The van der Waals surface area contributed by atoms with Crippen molar-refractivity contribution < 1.29 is 23.5 Å². The number of carbonyl (C=O) groups excluding carboxylic acids is 2. The number of methoxy groups -OCH3 is 2. The molecular weight excluding hydrogens is 375 g/mol. The Kier molecular flexibility index (Phi) is 6.36. The first-order chi connectivity index (χ1) is 14.0. The monoisotopic (exact) mass is 400 g/mol. The van der Waals surface area contributed by atoms with E-state index >= 15 is 4.39 Å². The Hall–Kier alpha value is -3.09. The summed E-state index contributed by atoms with van der Waals surface area (Å²) in [7, 11) is 3.01. The number of hydrogen-bond donors (Lipinski definition) is 1. The van der Waals surface area contributed by atoms with Gasteiger partial charge in [0.05, 0.1) is 19.8 Å². The molecule has 6 nitrogen and oxygen atoms in total. The van der Waals surface area contributed by atoms with E-state index in [1.165, 1.54) is 14.2 Å². The maximum absolute atomic E-state index is 15.2. The highest BCUT2D eigenvalue weighted by atomic mass is 19.1. The standard InChI is InChI=1S/C22H25FN2O4/c1-28-17-8-9-18(19(14-17)29-2)20(26)25-12-10-22(23,11-13-25)21(27)24-15-16-6-4-3-5-7-16/h3-9,14H,10-13,15H2,1-2H3,(H,24,27). The summed E-state index contributed by atoms with van der Waals surface area (Å²) in [6.07, 6.45) is -0.0876. The van der Waals surface area contributed by atoms with Gasteiger partial charge in [0.1, 0.15) is 11.5 Å². The van der Waals surface area contributed by atoms with Gasteiger partial charge in [-0.3, -0.25) is 9.59 Å². The number of piperidine rings is 1. The maximum Gasteiger partial charge on any atom is 0.258 e. The van der Waals surface area contributed by atoms with E-state index in [1.54, 1.807) is 23.1 Å². The number of benzene rings is 2. The minimum atomic E-state index is -1.98. The highest BCUT2D eigenvalue weighted by molar-refractivity contribution is 5.97. The fraction of sp³-hybridized carbons (Fsp3) is 0.364. The maximum atomic E-state index is 15.2. The minimum Gasteiger partial charge on any atom is -0.497 e. The molecule has 29 heavy (non-hydrogen) atoms. The van der Waals surface area contributed by atoms with Crippen LogP contribution in [0.15, 0.2) is 48.5 Å². The van der Waals surface area contributed by atoms with E-state index in [4.69, 9.17) is 9.47 Å². The third kappa shape index (κ3) is 4.67. The van der Waals surface area contributed by atoms with Crippen LogP contribution in [0.4, 0.5) is 4.39 Å². The molecule has 0 atom stereocenters. The topological polar surface area (TPSA) is 67.9 Å². The third-order valence-corrected chi connectivity index (χ3v) is 5.19. The van der Waals surface area contributed by atoms with Gasteiger partial charge in [0, 0.05) is 38.5 Å². The van der Waals surface area contributed by atoms with E-state index in [0.717, 1.165) is 5.56 Å². The molecule has 1 fully saturated rings. The van der Waals surface area contributed by atoms with E-state index in [-0.39, 0.29) is 38.4 Å². The Labute approximate surface area is 169 Å². The molecule has 7 heteroatoms. The van der Waals surface area contributed by atoms with Crippen LogP contribution in [0.25, 0.3) is 0 Å². The van der Waals surface area contributed by atoms with Crippen molar-refractivity contribution in [3.05, 3.63) is 59.7 Å². The lowest BCUT2D eigenvalue weighted by molar-refractivity contribution is -0.135. The van der Waals surface area contributed by atoms with Gasteiger partial charge in [0.25, 0.3) is 11.8 Å². The number of nitrogens with zero attached hydrogens (tertiary/aromatic N) is 1. The summed E-state index contributed by atoms with van der Waals surface area (Å²) in [4.78, 5) is 26.8. The van der Waals surface area contributed by atoms with Crippen molar-refractivity contribution in [2.45, 2.75) is 25.1 Å². The fourth-order valence-electron chi connectivity index (χ4n) is 3.37. The van der Waals surface area contributed by atoms with Crippen LogP contribution in [0.2, 0.25) is 0 Å². The SMILES string of the molecule is COc1ccc(C(=O)N2CCC(F)(C(=O)NCc3ccccc3)CC2)c(OC)c1. The smallest absolute Gasteiger partial charge is 0.258 e. The van der Waals surface area contributed by atoms with Gasteiger partial charge in [-0.25, -0.2) is 4.39 Å². The number of carbonyl (C=O) groups is 2. The van der Waals surface area contributed by atoms with Crippen LogP contribution in [-0.2, 0) is 11.3 Å². The second-order valence-electron chi connectivity index (χ2n) is 6.99. The molecule has 1 saturated heterocycles. The molecule has 3 rings (SSSR count). The van der Waals surface area contributed by atoms with Gasteiger partial charge in [-0.1, -0.05) is 30.3 Å². The number of hydrogen-bond acceptors (Lipinski definition) is 4. The van der Waals surface area contributed by atoms with E-state index in [2.05, 4.69) is 5.32 Å². The Morgan fingerprint density at radius 2 is 1.76 bits per heavy atom. The molecule has 2 aromatic carbocycles. The fourth-order valence-corrected chi connectivity index (χ4v) is 3.37. The summed E-state index contributed by atoms with van der Waals surface area (Å²) in [6.45, 7) is 0.587. The summed E-state index contributed by atoms with van der Waals surface area (Å²) in [5.74, 6) is 0.0914. The molecule has 154 valence electrons. The molecule has 0 radical (unpaired) electrons. The van der Waals surface area contributed by atoms with E-state index in [1.807, 2.05) is 30.3 Å². The molecule has 1 aliphatic rings. The first kappa shape index (κ1) is 20.6. The van der Waals surface area contributed by atoms with Crippen LogP contribution in [-0.4, -0.2) is 49.7 Å². The average Bonchev–Trinajstić information content (AvgIpc) is 2.77. The van der Waals surface area contributed by atoms with Crippen molar-refractivity contribution in [3.8, 4) is 11.5 Å². The number of nitrogens with one attached hydrogen (secondary N) is 1. The predicted molar refractivity (Wildman–Crippen MR) is 107 cm³/mol. The Morgan fingerprint density at radius 1 is 1.07 bits per heavy atom. The van der Waals surface area contributed by atoms with Crippen molar-refractivity contribution in [1.82, 2.24) is 10.2 Å². The summed E-state index contributed by atoms with van der Waals surface area (Å²) in [5, 5.41) is 2.66. The summed E-state index contributed by atoms with van der Waals surface area (Å²) >= 11 is 0. The molecule has 1 N–H and O–H groups in total. The zero-order valence-corrected chi connectivity index (χ0v) is 16.6. The molecule has 0 aliphatic carbocycles. The predicted octanol–water partition coefficient (Wildman–Crippen LogP) is 2.96. The lowest BCUT2D eigenvalue weighted by atomic mass is 9.91. The van der Waals surface area contributed by atoms with Gasteiger partial charge >= 0.3 is 0 Å². The van der Waals surface area contributed by atoms with Crippen molar-refractivity contribution >= 4 is 11.8 Å². The Bertz CT molecular complexity index is 864. The average molecular weight is 400 g/mol. The van der Waals surface area contributed by atoms with Gasteiger partial charge in [0.15, 0.2) is 5.67 Å². The first-order valence-electron chi connectivity index (χ1n) is 9.49. The van der Waals surface area contributed by atoms with Gasteiger partial charge in [0.2, 0.25) is 0 Å². The summed E-state index contributed by atoms with van der Waals surface area (Å²) in [6, 6.07) is 14.3. The lowest BCUT2D eigenvalue weighted by Crippen LogP contribution is -2.52. The van der Waals surface area contributed by atoms with Gasteiger partial charge in [-0.05, 0) is 17.7 Å². The molecule has 0 bridgehead atoms. The number of likely N-dealkylation sites (tertiary alicyclic amines) is 1. The molecule has 0 spiro atoms. The van der Waals surface area contributed by atoms with Gasteiger partial charge in [-0.15, -0.1) is 0 Å². The Morgan fingerprint density at radius 3 is 2.38 bits per heavy atom. The first-order valence-corrected chi connectivity index (χ1v) is 9.49. The molecule has 1 heterocycles. The zero-order valence-electron chi connectivity index (χ0n) is 16.6. The summed E-state index contributed by atoms with van der Waals surface area (Å²) in [5.41, 5.74) is -0.688. The zero-order chi connectivity index (χ0) is 20.9. The lowest BCUT2D eigenvalue weighted by Gasteiger charge is -2.35. The van der Waals surface area contributed by atoms with E-state index in [0.29, 0.717) is 17.1 Å². The molecule has 0 saturated carbocycles. The molecule has 0 unspecified atom stereocenters.